The zero-order valence-corrected chi connectivity index (χ0v) is 78.1. The van der Waals surface area contributed by atoms with Crippen LogP contribution in [0.15, 0.2) is 17.5 Å². The molecule has 0 aliphatic carbocycles. The fourth-order valence-corrected chi connectivity index (χ4v) is 15.0. The number of amides is 17. The molecule has 1 aromatic rings. The average molecular weight is 1960 g/mol. The number of hydrogen-bond donors (Lipinski definition) is 30. The van der Waals surface area contributed by atoms with Gasteiger partial charge in [0, 0.05) is 44.4 Å². The third kappa shape index (κ3) is 41.4. The van der Waals surface area contributed by atoms with Crippen LogP contribution in [0.5, 0.6) is 0 Å². The summed E-state index contributed by atoms with van der Waals surface area (Å²) < 4.78 is 17.4. The first kappa shape index (κ1) is 118. The number of aliphatic carboxylic acids is 2. The number of aromatic amines is 1. The van der Waals surface area contributed by atoms with Crippen molar-refractivity contribution in [1.82, 2.24) is 94.2 Å². The van der Waals surface area contributed by atoms with E-state index < -0.39 is 280 Å². The molecule has 2 aliphatic heterocycles. The van der Waals surface area contributed by atoms with Gasteiger partial charge in [-0.3, -0.25) is 95.8 Å². The number of primary amides is 1. The molecule has 55 nitrogen and oxygen atoms in total. The van der Waals surface area contributed by atoms with Crippen molar-refractivity contribution in [2.75, 3.05) is 59.0 Å². The van der Waals surface area contributed by atoms with Gasteiger partial charge < -0.3 is 170 Å². The summed E-state index contributed by atoms with van der Waals surface area (Å²) in [7, 11) is -5.60. The predicted octanol–water partition coefficient (Wildman–Crippen LogP) is -12.0. The van der Waals surface area contributed by atoms with Gasteiger partial charge in [0.15, 0.2) is 5.96 Å². The number of carboxylic acid groups (broad SMARTS) is 2. The lowest BCUT2D eigenvalue weighted by molar-refractivity contribution is -0.149. The van der Waals surface area contributed by atoms with Crippen molar-refractivity contribution in [2.24, 2.45) is 56.8 Å². The molecule has 0 aromatic carbocycles. The summed E-state index contributed by atoms with van der Waals surface area (Å²) in [6.45, 7) is 5.22. The number of nitrogens with zero attached hydrogens (tertiary/aromatic N) is 4. The van der Waals surface area contributed by atoms with Gasteiger partial charge in [-0.05, 0) is 182 Å². The van der Waals surface area contributed by atoms with E-state index in [1.165, 1.54) is 13.1 Å². The number of nitrogens with one attached hydrogen (secondary N) is 15. The van der Waals surface area contributed by atoms with Gasteiger partial charge in [0.2, 0.25) is 100 Å². The molecule has 17 amide bonds. The number of aliphatic hydroxyl groups excluding tert-OH is 3. The molecule has 2 saturated heterocycles. The molecule has 0 unspecified atom stereocenters. The van der Waals surface area contributed by atoms with Crippen LogP contribution in [-0.4, -0.2) is 347 Å². The lowest BCUT2D eigenvalue weighted by atomic mass is 10.0. The van der Waals surface area contributed by atoms with E-state index in [0.717, 1.165) is 36.9 Å². The fourth-order valence-electron chi connectivity index (χ4n) is 14.4. The number of H-pyrrole nitrogens is 1. The maximum absolute atomic E-state index is 15.1. The van der Waals surface area contributed by atoms with Crippen LogP contribution in [0.2, 0.25) is 0 Å². The maximum atomic E-state index is 15.1. The van der Waals surface area contributed by atoms with Gasteiger partial charge in [-0.15, -0.1) is 0 Å². The van der Waals surface area contributed by atoms with Crippen LogP contribution in [0.4, 0.5) is 0 Å². The van der Waals surface area contributed by atoms with Gasteiger partial charge >= 0.3 is 19.8 Å². The quantitative estimate of drug-likeness (QED) is 0.0125. The van der Waals surface area contributed by atoms with Gasteiger partial charge in [-0.1, -0.05) is 13.8 Å². The molecule has 3 heterocycles. The van der Waals surface area contributed by atoms with Crippen LogP contribution < -0.4 is 120 Å². The second-order valence-corrected chi connectivity index (χ2v) is 34.6. The Kier molecular flexibility index (Phi) is 52.8. The summed E-state index contributed by atoms with van der Waals surface area (Å²) >= 11 is 0. The number of likely N-dealkylation sites (tertiary alicyclic amines) is 2. The van der Waals surface area contributed by atoms with Crippen molar-refractivity contribution in [3.63, 3.8) is 0 Å². The third-order valence-corrected chi connectivity index (χ3v) is 22.5. The summed E-state index contributed by atoms with van der Waals surface area (Å²) in [5.41, 5.74) is 45.5. The Labute approximate surface area is 784 Å². The van der Waals surface area contributed by atoms with Crippen LogP contribution in [0.25, 0.3) is 0 Å². The summed E-state index contributed by atoms with van der Waals surface area (Å²) in [6, 6.07) is -28.0. The number of aromatic nitrogens is 2. The normalized spacial score (nSPS) is 17.4. The summed E-state index contributed by atoms with van der Waals surface area (Å²) in [6.07, 6.45) is -2.00. The lowest BCUT2D eigenvalue weighted by Gasteiger charge is -2.35. The Morgan fingerprint density at radius 3 is 1.28 bits per heavy atom. The molecule has 56 heteroatoms. The third-order valence-electron chi connectivity index (χ3n) is 21.9. The second-order valence-electron chi connectivity index (χ2n) is 33.4. The van der Waals surface area contributed by atoms with E-state index in [9.17, 15) is 121 Å². The number of aliphatic hydroxyl groups is 3. The van der Waals surface area contributed by atoms with E-state index in [1.54, 1.807) is 13.8 Å². The molecule has 768 valence electrons. The van der Waals surface area contributed by atoms with Crippen molar-refractivity contribution >= 4 is 126 Å². The Morgan fingerprint density at radius 1 is 0.478 bits per heavy atom. The van der Waals surface area contributed by atoms with E-state index in [2.05, 4.69) is 84.1 Å². The highest BCUT2D eigenvalue weighted by atomic mass is 31.2. The van der Waals surface area contributed by atoms with Crippen LogP contribution in [0, 0.1) is 5.92 Å². The Morgan fingerprint density at radius 2 is 0.868 bits per heavy atom. The minimum Gasteiger partial charge on any atom is -0.481 e. The molecule has 0 spiro atoms. The number of rotatable bonds is 65. The number of hydrogen-bond acceptors (Lipinski definition) is 31. The Bertz CT molecular complexity index is 4240. The minimum absolute atomic E-state index is 0.0128. The zero-order chi connectivity index (χ0) is 102. The number of carbonyl (C=O) groups excluding carboxylic acids is 17. The number of imidazole rings is 1. The number of unbranched alkanes of at least 4 members (excludes halogenated alkanes) is 4. The molecule has 0 saturated carbocycles. The summed E-state index contributed by atoms with van der Waals surface area (Å²) in [4.78, 5) is 296. The zero-order valence-electron chi connectivity index (χ0n) is 77.2. The van der Waals surface area contributed by atoms with Crippen LogP contribution in [0.3, 0.4) is 0 Å². The number of carboxylic acids is 2. The van der Waals surface area contributed by atoms with Crippen molar-refractivity contribution in [2.45, 2.75) is 298 Å². The number of phosphoric ester groups is 1. The highest BCUT2D eigenvalue weighted by molar-refractivity contribution is 7.46. The monoisotopic (exact) mass is 1960 g/mol. The largest absolute Gasteiger partial charge is 0.481 e. The topological polar surface area (TPSA) is 916 Å². The molecule has 2 aliphatic rings. The van der Waals surface area contributed by atoms with Crippen LogP contribution >= 0.6 is 7.82 Å². The van der Waals surface area contributed by atoms with Gasteiger partial charge in [0.1, 0.15) is 96.7 Å². The van der Waals surface area contributed by atoms with Gasteiger partial charge in [-0.2, -0.15) is 0 Å². The van der Waals surface area contributed by atoms with Crippen molar-refractivity contribution < 1.29 is 136 Å². The van der Waals surface area contributed by atoms with Gasteiger partial charge in [0.05, 0.1) is 44.2 Å². The summed E-state index contributed by atoms with van der Waals surface area (Å²) in [5, 5.41) is 84.2. The number of phosphoric acid groups is 1. The first-order valence-corrected chi connectivity index (χ1v) is 46.4. The Hall–Kier alpha value is -11.8. The van der Waals surface area contributed by atoms with Gasteiger partial charge in [0.25, 0.3) is 0 Å². The van der Waals surface area contributed by atoms with E-state index in [1.807, 2.05) is 5.32 Å². The average Bonchev–Trinajstić information content (AvgIpc) is 1.62. The molecule has 2 fully saturated rings. The Balaban J connectivity index is 1.97. The van der Waals surface area contributed by atoms with E-state index >= 15 is 9.59 Å². The van der Waals surface area contributed by atoms with Crippen molar-refractivity contribution in [1.29, 1.82) is 0 Å². The van der Waals surface area contributed by atoms with Crippen LogP contribution in [-0.2, 0) is 107 Å². The van der Waals surface area contributed by atoms with E-state index in [4.69, 9.17) is 50.4 Å². The molecule has 1 aromatic heterocycles. The fraction of sp³-hybridized carbons (Fsp3) is 0.713. The molecule has 136 heavy (non-hydrogen) atoms. The number of nitrogens with two attached hydrogens (primary N) is 8. The first-order chi connectivity index (χ1) is 64.1. The number of carbonyl (C=O) groups is 19. The predicted molar refractivity (Wildman–Crippen MR) is 481 cm³/mol. The van der Waals surface area contributed by atoms with E-state index in [-0.39, 0.29) is 141 Å². The molecular formula is C80H140N27O28P. The van der Waals surface area contributed by atoms with E-state index in [0.29, 0.717) is 32.1 Å². The molecule has 0 radical (unpaired) electrons. The lowest BCUT2D eigenvalue weighted by Crippen LogP contribution is -2.63. The smallest absolute Gasteiger partial charge is 0.469 e. The second kappa shape index (κ2) is 60.6. The standard InChI is InChI=1S/C80H140N27O28P/c1-40(2)60(79(130)131)103-70(121)49(21-10-14-30-84)95-68(119)50(22-15-31-90-80(87)88)96-66(117)47(19-8-12-28-82)93-65(116)46(18-7-11-27-81)94-67(118)48(20-9-13-29-83)98-75(126)56-23-16-32-106(56)77(128)57-24-17-33-107(57)78(129)62(44(6)135-136(132,133)134)105-74(125)55(38-109)102-71(122)52(34-45-36-89-39-91-45)100-69(120)51(25-26-58(86)111)97-73(124)54(37-108)101-72(123)53(35-59(112)113)99-64(115)42(4)92-76(127)61(43(5)110)104-63(114)41(3)85/h36,39-44,46-57,60-62,108-110H,7-35,37-38,81-85H2,1-6H3,(H2,86,111)(H,89,91)(H,92,127)(H,93,116)(H,94,118)(H,95,119)(H,96,117)(H,97,124)(H,98,126)(H,99,115)(H,100,120)(H,101,123)(H,102,122)(H,103,121)(H,104,114)(H,105,125)(H,112,113)(H,130,131)(H4,87,88,90)(H2,132,133,134)/t41-,42-,43+,44+,46-,47-,48-,49-,50-,51-,52-,53-,54-,55-,56-,57-,60-,61-,62-/m0/s1. The molecule has 3 rings (SSSR count). The number of guanidine groups is 1. The molecule has 0 bridgehead atoms. The van der Waals surface area contributed by atoms with Crippen molar-refractivity contribution in [3.05, 3.63) is 18.2 Å². The van der Waals surface area contributed by atoms with Crippen LogP contribution in [0.1, 0.15) is 182 Å². The summed E-state index contributed by atoms with van der Waals surface area (Å²) in [5.74, 6) is -22.4. The number of aliphatic imine (C=N–C) groups is 1. The van der Waals surface area contributed by atoms with Gasteiger partial charge in [-0.25, -0.2) is 14.3 Å². The SMILES string of the molecule is CC(C)[C@H](NC(=O)[C@H](CCCCN)NC(=O)[C@H](CCCN=C(N)N)NC(=O)[C@H](CCCCN)NC(=O)[C@H](CCCCN)NC(=O)[C@H](CCCCN)NC(=O)[C@@H]1CCCN1C(=O)[C@@H]1CCCN1C(=O)[C@@H](NC(=O)[C@H](CO)NC(=O)[C@H](Cc1cnc[nH]1)NC(=O)[C@H](CCC(N)=O)NC(=O)[C@H](CO)NC(=O)[C@H](CC(=O)O)NC(=O)[C@H](C)NC(=O)[C@@H](NC(=O)[C@H](C)N)[C@@H](C)O)[C@@H](C)OP(=O)(O)O)C(=O)O. The maximum Gasteiger partial charge on any atom is 0.469 e. The first-order valence-electron chi connectivity index (χ1n) is 44.9. The highest BCUT2D eigenvalue weighted by Crippen LogP contribution is 2.39. The molecular weight excluding hydrogens is 1820 g/mol. The van der Waals surface area contributed by atoms with Crippen molar-refractivity contribution in [3.8, 4) is 0 Å². The highest BCUT2D eigenvalue weighted by Gasteiger charge is 2.48. The molecule has 19 atom stereocenters. The molecule has 38 N–H and O–H groups in total. The minimum atomic E-state index is -5.60.